The fourth-order valence-corrected chi connectivity index (χ4v) is 4.41. The zero-order valence-electron chi connectivity index (χ0n) is 13.5. The van der Waals surface area contributed by atoms with Gasteiger partial charge in [-0.15, -0.1) is 0 Å². The monoisotopic (exact) mass is 406 g/mol. The van der Waals surface area contributed by atoms with Crippen LogP contribution in [0.4, 0.5) is 4.39 Å². The fourth-order valence-electron chi connectivity index (χ4n) is 2.39. The summed E-state index contributed by atoms with van der Waals surface area (Å²) in [5.41, 5.74) is 3.75. The van der Waals surface area contributed by atoms with E-state index in [1.54, 1.807) is 0 Å². The molecule has 0 unspecified atom stereocenters. The lowest BCUT2D eigenvalue weighted by molar-refractivity contribution is -0.131. The number of sulfone groups is 1. The van der Waals surface area contributed by atoms with E-state index in [9.17, 15) is 27.2 Å². The third-order valence-corrected chi connectivity index (χ3v) is 5.70. The van der Waals surface area contributed by atoms with Crippen LogP contribution in [0.5, 0.6) is 0 Å². The van der Waals surface area contributed by atoms with Crippen molar-refractivity contribution in [2.75, 3.05) is 18.1 Å². The van der Waals surface area contributed by atoms with Crippen molar-refractivity contribution in [1.82, 2.24) is 10.9 Å². The molecule has 0 spiro atoms. The first-order chi connectivity index (χ1) is 12.2. The highest BCUT2D eigenvalue weighted by molar-refractivity contribution is 7.91. The van der Waals surface area contributed by atoms with Crippen LogP contribution in [0.15, 0.2) is 18.2 Å². The number of esters is 1. The fraction of sp³-hybridized carbons (Fsp3) is 0.400. The number of ether oxygens (including phenoxy) is 1. The summed E-state index contributed by atoms with van der Waals surface area (Å²) in [6.07, 6.45) is 0.350. The molecule has 142 valence electrons. The van der Waals surface area contributed by atoms with Crippen molar-refractivity contribution in [3.8, 4) is 0 Å². The molecule has 1 atom stereocenters. The maximum absolute atomic E-state index is 13.5. The molecule has 2 rings (SSSR count). The van der Waals surface area contributed by atoms with Crippen LogP contribution in [-0.2, 0) is 24.2 Å². The van der Waals surface area contributed by atoms with Crippen molar-refractivity contribution in [3.63, 3.8) is 0 Å². The average Bonchev–Trinajstić information content (AvgIpc) is 2.89. The van der Waals surface area contributed by atoms with Gasteiger partial charge in [-0.25, -0.2) is 17.6 Å². The van der Waals surface area contributed by atoms with Crippen molar-refractivity contribution in [3.05, 3.63) is 34.6 Å². The molecule has 0 radical (unpaired) electrons. The van der Waals surface area contributed by atoms with E-state index >= 15 is 0 Å². The lowest BCUT2D eigenvalue weighted by Crippen LogP contribution is -2.44. The molecule has 1 aromatic carbocycles. The Morgan fingerprint density at radius 2 is 1.92 bits per heavy atom. The SMILES string of the molecule is O=C(COC(=O)c1ccc(Cl)cc1F)NNC(=O)C[C@@H]1CCS(=O)(=O)C1. The molecule has 0 bridgehead atoms. The summed E-state index contributed by atoms with van der Waals surface area (Å²) in [6, 6.07) is 3.35. The summed E-state index contributed by atoms with van der Waals surface area (Å²) in [5.74, 6) is -3.63. The predicted molar refractivity (Wildman–Crippen MR) is 89.4 cm³/mol. The van der Waals surface area contributed by atoms with E-state index in [0.717, 1.165) is 12.1 Å². The van der Waals surface area contributed by atoms with Crippen LogP contribution in [0, 0.1) is 11.7 Å². The van der Waals surface area contributed by atoms with Crippen molar-refractivity contribution in [2.45, 2.75) is 12.8 Å². The first kappa shape index (κ1) is 20.1. The Morgan fingerprint density at radius 3 is 2.54 bits per heavy atom. The molecule has 0 saturated carbocycles. The van der Waals surface area contributed by atoms with E-state index in [2.05, 4.69) is 10.2 Å². The normalized spacial score (nSPS) is 18.2. The molecular formula is C15H16ClFN2O6S. The minimum atomic E-state index is -3.09. The number of rotatable bonds is 5. The number of hydrogen-bond acceptors (Lipinski definition) is 6. The van der Waals surface area contributed by atoms with Gasteiger partial charge in [-0.1, -0.05) is 11.6 Å². The summed E-state index contributed by atoms with van der Waals surface area (Å²) in [4.78, 5) is 34.9. The highest BCUT2D eigenvalue weighted by Gasteiger charge is 2.29. The molecule has 1 saturated heterocycles. The minimum absolute atomic E-state index is 0.0463. The van der Waals surface area contributed by atoms with Crippen LogP contribution in [0.2, 0.25) is 5.02 Å². The molecule has 1 fully saturated rings. The highest BCUT2D eigenvalue weighted by Crippen LogP contribution is 2.21. The van der Waals surface area contributed by atoms with E-state index in [1.807, 2.05) is 5.43 Å². The molecular weight excluding hydrogens is 391 g/mol. The first-order valence-electron chi connectivity index (χ1n) is 7.56. The number of amides is 2. The van der Waals surface area contributed by atoms with Gasteiger partial charge in [0.2, 0.25) is 5.91 Å². The Morgan fingerprint density at radius 1 is 1.23 bits per heavy atom. The molecule has 2 amide bonds. The van der Waals surface area contributed by atoms with Gasteiger partial charge in [0.25, 0.3) is 5.91 Å². The Balaban J connectivity index is 1.71. The van der Waals surface area contributed by atoms with Crippen LogP contribution in [-0.4, -0.2) is 44.3 Å². The lowest BCUT2D eigenvalue weighted by Gasteiger charge is -2.10. The van der Waals surface area contributed by atoms with Gasteiger partial charge in [-0.05, 0) is 30.5 Å². The van der Waals surface area contributed by atoms with E-state index < -0.39 is 40.0 Å². The number of benzene rings is 1. The van der Waals surface area contributed by atoms with Gasteiger partial charge in [0.05, 0.1) is 17.1 Å². The van der Waals surface area contributed by atoms with Crippen LogP contribution in [0.3, 0.4) is 0 Å². The molecule has 1 aliphatic rings. The smallest absolute Gasteiger partial charge is 0.341 e. The van der Waals surface area contributed by atoms with Crippen LogP contribution in [0.1, 0.15) is 23.2 Å². The molecule has 1 aromatic rings. The zero-order valence-corrected chi connectivity index (χ0v) is 15.0. The molecule has 1 aliphatic heterocycles. The van der Waals surface area contributed by atoms with Gasteiger partial charge in [-0.2, -0.15) is 0 Å². The molecule has 0 aliphatic carbocycles. The molecule has 8 nitrogen and oxygen atoms in total. The van der Waals surface area contributed by atoms with Gasteiger partial charge in [0, 0.05) is 11.4 Å². The van der Waals surface area contributed by atoms with Crippen LogP contribution in [0.25, 0.3) is 0 Å². The third-order valence-electron chi connectivity index (χ3n) is 3.63. The van der Waals surface area contributed by atoms with Crippen LogP contribution >= 0.6 is 11.6 Å². The number of nitrogens with one attached hydrogen (secondary N) is 2. The summed E-state index contributed by atoms with van der Waals surface area (Å²) >= 11 is 5.57. The molecule has 0 aromatic heterocycles. The molecule has 1 heterocycles. The van der Waals surface area contributed by atoms with Gasteiger partial charge >= 0.3 is 5.97 Å². The maximum atomic E-state index is 13.5. The van der Waals surface area contributed by atoms with E-state index in [4.69, 9.17) is 11.6 Å². The largest absolute Gasteiger partial charge is 0.452 e. The zero-order chi connectivity index (χ0) is 19.3. The Kier molecular flexibility index (Phi) is 6.54. The topological polar surface area (TPSA) is 119 Å². The summed E-state index contributed by atoms with van der Waals surface area (Å²) < 4.78 is 40.8. The molecule has 2 N–H and O–H groups in total. The molecule has 11 heteroatoms. The van der Waals surface area contributed by atoms with Crippen molar-refractivity contribution < 1.29 is 31.9 Å². The number of carbonyl (C=O) groups excluding carboxylic acids is 3. The van der Waals surface area contributed by atoms with Crippen LogP contribution < -0.4 is 10.9 Å². The van der Waals surface area contributed by atoms with Gasteiger partial charge in [0.15, 0.2) is 16.4 Å². The minimum Gasteiger partial charge on any atom is -0.452 e. The second-order valence-corrected chi connectivity index (χ2v) is 8.43. The van der Waals surface area contributed by atoms with Crippen molar-refractivity contribution >= 4 is 39.2 Å². The van der Waals surface area contributed by atoms with E-state index in [0.29, 0.717) is 6.42 Å². The average molecular weight is 407 g/mol. The van der Waals surface area contributed by atoms with Crippen molar-refractivity contribution in [1.29, 1.82) is 0 Å². The predicted octanol–water partition coefficient (Wildman–Crippen LogP) is 0.608. The standard InChI is InChI=1S/C15H16ClFN2O6S/c16-10-1-2-11(12(17)6-10)15(22)25-7-14(21)19-18-13(20)5-9-3-4-26(23,24)8-9/h1-2,6,9H,3-5,7-8H2,(H,18,20)(H,19,21)/t9-/m0/s1. The number of hydrazine groups is 1. The summed E-state index contributed by atoms with van der Waals surface area (Å²) in [7, 11) is -3.09. The van der Waals surface area contributed by atoms with Gasteiger partial charge < -0.3 is 4.74 Å². The van der Waals surface area contributed by atoms with Gasteiger partial charge in [-0.3, -0.25) is 20.4 Å². The second-order valence-electron chi connectivity index (χ2n) is 5.77. The van der Waals surface area contributed by atoms with E-state index in [1.165, 1.54) is 6.07 Å². The quantitative estimate of drug-likeness (QED) is 0.546. The third kappa shape index (κ3) is 5.95. The number of halogens is 2. The Hall–Kier alpha value is -2.20. The van der Waals surface area contributed by atoms with Crippen molar-refractivity contribution in [2.24, 2.45) is 5.92 Å². The van der Waals surface area contributed by atoms with Gasteiger partial charge in [0.1, 0.15) is 5.82 Å². The second kappa shape index (κ2) is 8.45. The number of carbonyl (C=O) groups is 3. The number of hydrogen-bond donors (Lipinski definition) is 2. The summed E-state index contributed by atoms with van der Waals surface area (Å²) in [5, 5.41) is 0.106. The first-order valence-corrected chi connectivity index (χ1v) is 9.76. The lowest BCUT2D eigenvalue weighted by atomic mass is 10.1. The van der Waals surface area contributed by atoms with E-state index in [-0.39, 0.29) is 34.4 Å². The Bertz CT molecular complexity index is 829. The highest BCUT2D eigenvalue weighted by atomic mass is 35.5. The maximum Gasteiger partial charge on any atom is 0.341 e. The summed E-state index contributed by atoms with van der Waals surface area (Å²) in [6.45, 7) is -0.737. The Labute approximate surface area is 153 Å². The molecule has 26 heavy (non-hydrogen) atoms.